The maximum atomic E-state index is 12.1. The van der Waals surface area contributed by atoms with Gasteiger partial charge in [0, 0.05) is 0 Å². The molecule has 0 unspecified atom stereocenters. The van der Waals surface area contributed by atoms with Gasteiger partial charge in [0.15, 0.2) is 9.84 Å². The van der Waals surface area contributed by atoms with Crippen molar-refractivity contribution in [3.05, 3.63) is 30.3 Å². The van der Waals surface area contributed by atoms with E-state index in [2.05, 4.69) is 0 Å². The van der Waals surface area contributed by atoms with E-state index < -0.39 is 25.9 Å². The summed E-state index contributed by atoms with van der Waals surface area (Å²) in [7, 11) is -6.99. The standard InChI is InChI=1S/C10H14N2O4S2/c11-12(9-6-7-17(13,14)8-9)18(15,16)10-4-2-1-3-5-10/h1-5,9H,6-8,11H2/t9-/m1/s1. The summed E-state index contributed by atoms with van der Waals surface area (Å²) in [6, 6.07) is 7.05. The van der Waals surface area contributed by atoms with Gasteiger partial charge in [-0.25, -0.2) is 16.8 Å². The van der Waals surface area contributed by atoms with Crippen LogP contribution in [0.15, 0.2) is 35.2 Å². The number of sulfonamides is 1. The van der Waals surface area contributed by atoms with Gasteiger partial charge in [-0.05, 0) is 18.6 Å². The average Bonchev–Trinajstić information content (AvgIpc) is 2.69. The number of sulfone groups is 1. The van der Waals surface area contributed by atoms with E-state index in [0.29, 0.717) is 4.41 Å². The van der Waals surface area contributed by atoms with Crippen molar-refractivity contribution in [2.24, 2.45) is 5.84 Å². The SMILES string of the molecule is NN([C@@H]1CCS(=O)(=O)C1)S(=O)(=O)c1ccccc1. The molecule has 2 N–H and O–H groups in total. The highest BCUT2D eigenvalue weighted by atomic mass is 32.2. The Kier molecular flexibility index (Phi) is 3.45. The normalized spacial score (nSPS) is 23.3. The van der Waals surface area contributed by atoms with Crippen molar-refractivity contribution in [2.75, 3.05) is 11.5 Å². The molecule has 1 aliphatic heterocycles. The van der Waals surface area contributed by atoms with Gasteiger partial charge >= 0.3 is 0 Å². The zero-order valence-corrected chi connectivity index (χ0v) is 11.2. The van der Waals surface area contributed by atoms with Crippen molar-refractivity contribution >= 4 is 19.9 Å². The molecule has 0 amide bonds. The van der Waals surface area contributed by atoms with Crippen LogP contribution in [0.25, 0.3) is 0 Å². The molecular weight excluding hydrogens is 276 g/mol. The first-order valence-corrected chi connectivity index (χ1v) is 8.64. The lowest BCUT2D eigenvalue weighted by Crippen LogP contribution is -2.46. The number of benzene rings is 1. The quantitative estimate of drug-likeness (QED) is 0.611. The maximum absolute atomic E-state index is 12.1. The Labute approximate surface area is 106 Å². The fraction of sp³-hybridized carbons (Fsp3) is 0.400. The summed E-state index contributed by atoms with van der Waals surface area (Å²) in [6.07, 6.45) is 0.241. The van der Waals surface area contributed by atoms with Crippen molar-refractivity contribution in [1.82, 2.24) is 4.41 Å². The van der Waals surface area contributed by atoms with Crippen LogP contribution in [0.2, 0.25) is 0 Å². The zero-order chi connectivity index (χ0) is 13.4. The molecule has 1 atom stereocenters. The summed E-state index contributed by atoms with van der Waals surface area (Å²) in [6.45, 7) is 0. The third kappa shape index (κ3) is 2.56. The molecule has 1 heterocycles. The van der Waals surface area contributed by atoms with E-state index in [1.165, 1.54) is 12.1 Å². The van der Waals surface area contributed by atoms with Crippen molar-refractivity contribution in [3.63, 3.8) is 0 Å². The topological polar surface area (TPSA) is 97.5 Å². The molecule has 100 valence electrons. The largest absolute Gasteiger partial charge is 0.255 e. The van der Waals surface area contributed by atoms with Crippen LogP contribution in [0.4, 0.5) is 0 Å². The van der Waals surface area contributed by atoms with Gasteiger partial charge in [0.25, 0.3) is 10.0 Å². The number of hydrogen-bond donors (Lipinski definition) is 1. The van der Waals surface area contributed by atoms with Crippen LogP contribution in [0.5, 0.6) is 0 Å². The molecule has 1 aromatic carbocycles. The van der Waals surface area contributed by atoms with Crippen LogP contribution in [-0.4, -0.2) is 38.8 Å². The fourth-order valence-corrected chi connectivity index (χ4v) is 5.01. The first kappa shape index (κ1) is 13.5. The first-order valence-electron chi connectivity index (χ1n) is 5.37. The minimum absolute atomic E-state index is 0.0182. The van der Waals surface area contributed by atoms with E-state index in [1.54, 1.807) is 18.2 Å². The molecule has 8 heteroatoms. The van der Waals surface area contributed by atoms with Gasteiger partial charge < -0.3 is 0 Å². The van der Waals surface area contributed by atoms with Crippen molar-refractivity contribution in [1.29, 1.82) is 0 Å². The molecule has 0 aliphatic carbocycles. The smallest absolute Gasteiger partial charge is 0.254 e. The monoisotopic (exact) mass is 290 g/mol. The molecule has 0 bridgehead atoms. The first-order chi connectivity index (χ1) is 8.33. The van der Waals surface area contributed by atoms with Gasteiger partial charge in [-0.3, -0.25) is 5.84 Å². The van der Waals surface area contributed by atoms with E-state index in [1.807, 2.05) is 0 Å². The van der Waals surface area contributed by atoms with Crippen LogP contribution in [-0.2, 0) is 19.9 Å². The second-order valence-electron chi connectivity index (χ2n) is 4.20. The second-order valence-corrected chi connectivity index (χ2v) is 8.28. The number of hydrogen-bond acceptors (Lipinski definition) is 5. The Balaban J connectivity index is 2.27. The highest BCUT2D eigenvalue weighted by Gasteiger charge is 2.37. The summed E-state index contributed by atoms with van der Waals surface area (Å²) in [5.41, 5.74) is 0. The fourth-order valence-electron chi connectivity index (χ4n) is 1.89. The van der Waals surface area contributed by atoms with Crippen LogP contribution >= 0.6 is 0 Å². The molecule has 0 saturated carbocycles. The summed E-state index contributed by atoms with van der Waals surface area (Å²) in [5, 5.41) is 0. The van der Waals surface area contributed by atoms with Gasteiger partial charge in [0.1, 0.15) is 0 Å². The van der Waals surface area contributed by atoms with Crippen molar-refractivity contribution in [2.45, 2.75) is 17.4 Å². The van der Waals surface area contributed by atoms with Gasteiger partial charge in [0.05, 0.1) is 22.4 Å². The molecule has 1 fully saturated rings. The lowest BCUT2D eigenvalue weighted by molar-refractivity contribution is 0.351. The van der Waals surface area contributed by atoms with E-state index >= 15 is 0 Å². The summed E-state index contributed by atoms with van der Waals surface area (Å²) in [4.78, 5) is 0.0665. The van der Waals surface area contributed by atoms with Crippen LogP contribution in [0.3, 0.4) is 0 Å². The molecule has 1 aliphatic rings. The Hall–Kier alpha value is -0.960. The number of nitrogens with two attached hydrogens (primary N) is 1. The molecule has 2 rings (SSSR count). The molecular formula is C10H14N2O4S2. The van der Waals surface area contributed by atoms with Crippen LogP contribution < -0.4 is 5.84 Å². The third-order valence-corrected chi connectivity index (χ3v) is 6.36. The molecule has 0 spiro atoms. The summed E-state index contributed by atoms with van der Waals surface area (Å²) < 4.78 is 47.6. The van der Waals surface area contributed by atoms with Crippen molar-refractivity contribution in [3.8, 4) is 0 Å². The number of nitrogens with zero attached hydrogens (tertiary/aromatic N) is 1. The molecule has 1 saturated heterocycles. The maximum Gasteiger partial charge on any atom is 0.255 e. The minimum atomic E-state index is -3.83. The van der Waals surface area contributed by atoms with Gasteiger partial charge in [-0.15, -0.1) is 4.41 Å². The Morgan fingerprint density at radius 1 is 1.22 bits per heavy atom. The molecule has 0 aromatic heterocycles. The van der Waals surface area contributed by atoms with E-state index in [4.69, 9.17) is 5.84 Å². The van der Waals surface area contributed by atoms with E-state index in [-0.39, 0.29) is 22.8 Å². The third-order valence-electron chi connectivity index (χ3n) is 2.89. The Bertz CT molecular complexity index is 625. The molecule has 18 heavy (non-hydrogen) atoms. The van der Waals surface area contributed by atoms with Crippen molar-refractivity contribution < 1.29 is 16.8 Å². The summed E-state index contributed by atoms with van der Waals surface area (Å²) in [5.74, 6) is 5.36. The van der Waals surface area contributed by atoms with Gasteiger partial charge in [-0.1, -0.05) is 18.2 Å². The lowest BCUT2D eigenvalue weighted by Gasteiger charge is -2.21. The number of hydrazine groups is 1. The second kappa shape index (κ2) is 4.61. The Morgan fingerprint density at radius 3 is 2.33 bits per heavy atom. The summed E-state index contributed by atoms with van der Waals surface area (Å²) >= 11 is 0. The van der Waals surface area contributed by atoms with Gasteiger partial charge in [-0.2, -0.15) is 0 Å². The predicted octanol–water partition coefficient (Wildman–Crippen LogP) is -0.262. The minimum Gasteiger partial charge on any atom is -0.254 e. The van der Waals surface area contributed by atoms with E-state index in [0.717, 1.165) is 0 Å². The van der Waals surface area contributed by atoms with Crippen LogP contribution in [0, 0.1) is 0 Å². The predicted molar refractivity (Wildman–Crippen MR) is 66.7 cm³/mol. The highest BCUT2D eigenvalue weighted by molar-refractivity contribution is 7.92. The van der Waals surface area contributed by atoms with Gasteiger partial charge in [0.2, 0.25) is 0 Å². The molecule has 0 radical (unpaired) electrons. The highest BCUT2D eigenvalue weighted by Crippen LogP contribution is 2.21. The average molecular weight is 290 g/mol. The molecule has 6 nitrogen and oxygen atoms in total. The Morgan fingerprint density at radius 2 is 1.83 bits per heavy atom. The van der Waals surface area contributed by atoms with E-state index in [9.17, 15) is 16.8 Å². The van der Waals surface area contributed by atoms with Crippen LogP contribution in [0.1, 0.15) is 6.42 Å². The zero-order valence-electron chi connectivity index (χ0n) is 9.56. The number of rotatable bonds is 3. The lowest BCUT2D eigenvalue weighted by atomic mass is 10.3. The molecule has 1 aromatic rings.